The van der Waals surface area contributed by atoms with Crippen molar-refractivity contribution >= 4 is 28.1 Å². The fourth-order valence-corrected chi connectivity index (χ4v) is 2.59. The first-order valence-corrected chi connectivity index (χ1v) is 6.65. The minimum absolute atomic E-state index is 0.166. The number of hydrogen-bond acceptors (Lipinski definition) is 4. The molecular weight excluding hydrogens is 265 g/mol. The van der Waals surface area contributed by atoms with Gasteiger partial charge in [0.15, 0.2) is 5.13 Å². The number of nitrogen functional groups attached to an aromatic ring is 1. The van der Waals surface area contributed by atoms with Gasteiger partial charge >= 0.3 is 0 Å². The number of aryl methyl sites for hydroxylation is 1. The molecule has 0 unspecified atom stereocenters. The molecule has 0 aliphatic heterocycles. The van der Waals surface area contributed by atoms with Crippen molar-refractivity contribution in [2.24, 2.45) is 0 Å². The molecule has 0 aliphatic rings. The van der Waals surface area contributed by atoms with Gasteiger partial charge in [-0.2, -0.15) is 0 Å². The number of nitrogens with two attached hydrogens (primary N) is 1. The summed E-state index contributed by atoms with van der Waals surface area (Å²) in [5, 5.41) is 0.371. The van der Waals surface area contributed by atoms with E-state index < -0.39 is 0 Å². The summed E-state index contributed by atoms with van der Waals surface area (Å²) < 4.78 is 12.9. The predicted molar refractivity (Wildman–Crippen MR) is 75.0 cm³/mol. The Kier molecular flexibility index (Phi) is 3.80. The van der Waals surface area contributed by atoms with Gasteiger partial charge in [0.25, 0.3) is 5.91 Å². The maximum atomic E-state index is 12.9. The smallest absolute Gasteiger partial charge is 0.270 e. The lowest BCUT2D eigenvalue weighted by molar-refractivity contribution is 0.0991. The highest BCUT2D eigenvalue weighted by molar-refractivity contribution is 7.17. The zero-order valence-corrected chi connectivity index (χ0v) is 11.5. The molecule has 19 heavy (non-hydrogen) atoms. The van der Waals surface area contributed by atoms with Crippen molar-refractivity contribution in [2.45, 2.75) is 13.8 Å². The standard InChI is InChI=1S/C13H14FN3OS/c1-3-17(10-6-4-9(14)5-7-10)12(18)11-8(2)16-13(15)19-11/h4-7H,3H2,1-2H3,(H2,15,16). The highest BCUT2D eigenvalue weighted by Crippen LogP contribution is 2.24. The molecule has 1 amide bonds. The van der Waals surface area contributed by atoms with Crippen LogP contribution >= 0.6 is 11.3 Å². The monoisotopic (exact) mass is 279 g/mol. The highest BCUT2D eigenvalue weighted by atomic mass is 32.1. The third-order valence-corrected chi connectivity index (χ3v) is 3.68. The quantitative estimate of drug-likeness (QED) is 0.939. The molecule has 1 aromatic carbocycles. The van der Waals surface area contributed by atoms with Gasteiger partial charge in [0.05, 0.1) is 5.69 Å². The first-order valence-electron chi connectivity index (χ1n) is 5.83. The molecule has 0 fully saturated rings. The molecule has 0 aliphatic carbocycles. The average Bonchev–Trinajstić information content (AvgIpc) is 2.71. The molecule has 6 heteroatoms. The molecular formula is C13H14FN3OS. The van der Waals surface area contributed by atoms with Gasteiger partial charge < -0.3 is 10.6 Å². The van der Waals surface area contributed by atoms with E-state index in [-0.39, 0.29) is 11.7 Å². The van der Waals surface area contributed by atoms with Gasteiger partial charge in [-0.1, -0.05) is 11.3 Å². The zero-order valence-electron chi connectivity index (χ0n) is 10.7. The minimum atomic E-state index is -0.328. The summed E-state index contributed by atoms with van der Waals surface area (Å²) in [5.41, 5.74) is 6.88. The second-order valence-corrected chi connectivity index (χ2v) is 5.02. The predicted octanol–water partition coefficient (Wildman–Crippen LogP) is 2.84. The lowest BCUT2D eigenvalue weighted by Crippen LogP contribution is -2.30. The Labute approximate surface area is 114 Å². The number of carbonyl (C=O) groups excluding carboxylic acids is 1. The van der Waals surface area contributed by atoms with Crippen molar-refractivity contribution in [2.75, 3.05) is 17.2 Å². The number of rotatable bonds is 3. The van der Waals surface area contributed by atoms with Crippen molar-refractivity contribution in [3.05, 3.63) is 40.7 Å². The number of aromatic nitrogens is 1. The Morgan fingerprint density at radius 1 is 1.42 bits per heavy atom. The summed E-state index contributed by atoms with van der Waals surface area (Å²) in [7, 11) is 0. The normalized spacial score (nSPS) is 10.5. The van der Waals surface area contributed by atoms with Crippen molar-refractivity contribution in [3.8, 4) is 0 Å². The molecule has 0 saturated carbocycles. The highest BCUT2D eigenvalue weighted by Gasteiger charge is 2.21. The summed E-state index contributed by atoms with van der Waals surface area (Å²) in [6.45, 7) is 4.10. The maximum Gasteiger partial charge on any atom is 0.270 e. The molecule has 1 aromatic heterocycles. The van der Waals surface area contributed by atoms with Crippen molar-refractivity contribution in [1.29, 1.82) is 0 Å². The van der Waals surface area contributed by atoms with Crippen LogP contribution in [0.1, 0.15) is 22.3 Å². The number of nitrogens with zero attached hydrogens (tertiary/aromatic N) is 2. The number of amides is 1. The van der Waals surface area contributed by atoms with Crippen LogP contribution in [-0.2, 0) is 0 Å². The van der Waals surface area contributed by atoms with Crippen LogP contribution in [0.25, 0.3) is 0 Å². The van der Waals surface area contributed by atoms with E-state index in [1.807, 2.05) is 6.92 Å². The van der Waals surface area contributed by atoms with Crippen LogP contribution in [0.15, 0.2) is 24.3 Å². The van der Waals surface area contributed by atoms with Crippen LogP contribution in [0.5, 0.6) is 0 Å². The fraction of sp³-hybridized carbons (Fsp3) is 0.231. The van der Waals surface area contributed by atoms with Gasteiger partial charge in [0.1, 0.15) is 10.7 Å². The van der Waals surface area contributed by atoms with E-state index in [1.165, 1.54) is 23.5 Å². The van der Waals surface area contributed by atoms with Crippen LogP contribution in [-0.4, -0.2) is 17.4 Å². The van der Waals surface area contributed by atoms with Gasteiger partial charge in [-0.25, -0.2) is 9.37 Å². The lowest BCUT2D eigenvalue weighted by Gasteiger charge is -2.20. The maximum absolute atomic E-state index is 12.9. The van der Waals surface area contributed by atoms with Gasteiger partial charge in [-0.3, -0.25) is 4.79 Å². The number of thiazole rings is 1. The van der Waals surface area contributed by atoms with Crippen molar-refractivity contribution in [1.82, 2.24) is 4.98 Å². The Bertz CT molecular complexity index is 594. The molecule has 0 atom stereocenters. The van der Waals surface area contributed by atoms with E-state index in [0.717, 1.165) is 0 Å². The summed E-state index contributed by atoms with van der Waals surface area (Å²) in [5.74, 6) is -0.494. The summed E-state index contributed by atoms with van der Waals surface area (Å²) in [6.07, 6.45) is 0. The van der Waals surface area contributed by atoms with E-state index >= 15 is 0 Å². The summed E-state index contributed by atoms with van der Waals surface area (Å²) >= 11 is 1.17. The van der Waals surface area contributed by atoms with Gasteiger partial charge in [0.2, 0.25) is 0 Å². The number of anilines is 2. The molecule has 0 radical (unpaired) electrons. The largest absolute Gasteiger partial charge is 0.375 e. The van der Waals surface area contributed by atoms with E-state index in [9.17, 15) is 9.18 Å². The van der Waals surface area contributed by atoms with Crippen LogP contribution in [0.2, 0.25) is 0 Å². The Morgan fingerprint density at radius 3 is 2.53 bits per heavy atom. The van der Waals surface area contributed by atoms with Gasteiger partial charge in [-0.05, 0) is 38.1 Å². The molecule has 2 N–H and O–H groups in total. The second-order valence-electron chi connectivity index (χ2n) is 3.99. The number of halogens is 1. The number of hydrogen-bond donors (Lipinski definition) is 1. The molecule has 2 aromatic rings. The van der Waals surface area contributed by atoms with Crippen LogP contribution in [0.3, 0.4) is 0 Å². The topological polar surface area (TPSA) is 59.2 Å². The van der Waals surface area contributed by atoms with E-state index in [0.29, 0.717) is 27.9 Å². The molecule has 100 valence electrons. The van der Waals surface area contributed by atoms with E-state index in [1.54, 1.807) is 24.0 Å². The fourth-order valence-electron chi connectivity index (χ4n) is 1.80. The first kappa shape index (κ1) is 13.5. The second kappa shape index (κ2) is 5.36. The third-order valence-electron chi connectivity index (χ3n) is 2.71. The SMILES string of the molecule is CCN(C(=O)c1sc(N)nc1C)c1ccc(F)cc1. The lowest BCUT2D eigenvalue weighted by atomic mass is 10.2. The van der Waals surface area contributed by atoms with E-state index in [4.69, 9.17) is 5.73 Å². The number of benzene rings is 1. The minimum Gasteiger partial charge on any atom is -0.375 e. The Hall–Kier alpha value is -1.95. The van der Waals surface area contributed by atoms with Crippen LogP contribution < -0.4 is 10.6 Å². The van der Waals surface area contributed by atoms with Gasteiger partial charge in [-0.15, -0.1) is 0 Å². The molecule has 0 spiro atoms. The average molecular weight is 279 g/mol. The molecule has 0 saturated heterocycles. The number of carbonyl (C=O) groups is 1. The first-order chi connectivity index (χ1) is 9.02. The van der Waals surface area contributed by atoms with Crippen molar-refractivity contribution in [3.63, 3.8) is 0 Å². The molecule has 0 bridgehead atoms. The Morgan fingerprint density at radius 2 is 2.05 bits per heavy atom. The summed E-state index contributed by atoms with van der Waals surface area (Å²) in [6, 6.07) is 5.82. The van der Waals surface area contributed by atoms with Gasteiger partial charge in [0, 0.05) is 12.2 Å². The zero-order chi connectivity index (χ0) is 14.0. The summed E-state index contributed by atoms with van der Waals surface area (Å²) in [4.78, 5) is 18.6. The molecule has 2 rings (SSSR count). The van der Waals surface area contributed by atoms with Crippen molar-refractivity contribution < 1.29 is 9.18 Å². The van der Waals surface area contributed by atoms with E-state index in [2.05, 4.69) is 4.98 Å². The molecule has 1 heterocycles. The van der Waals surface area contributed by atoms with Crippen LogP contribution in [0.4, 0.5) is 15.2 Å². The van der Waals surface area contributed by atoms with Crippen LogP contribution in [0, 0.1) is 12.7 Å². The third kappa shape index (κ3) is 2.73. The Balaban J connectivity index is 2.34. The molecule has 4 nitrogen and oxygen atoms in total.